The summed E-state index contributed by atoms with van der Waals surface area (Å²) in [7, 11) is 1.51. The number of hydrogen-bond donors (Lipinski definition) is 0. The standard InChI is InChI=1S/C20H16N4O3/c1-23-19(25)17-10-6-5-9-16(17)18(22-23)20(26)27-13-14-11-21-24(12-14)15-7-3-2-4-8-15/h2-12H,13H2,1H3. The first-order chi connectivity index (χ1) is 13.1. The SMILES string of the molecule is Cn1nc(C(=O)OCc2cnn(-c3ccccc3)c2)c2ccccc2c1=O. The van der Waals surface area contributed by atoms with Crippen LogP contribution in [0.5, 0.6) is 0 Å². The average molecular weight is 360 g/mol. The number of aryl methyl sites for hydroxylation is 1. The minimum atomic E-state index is -0.589. The molecule has 0 unspecified atom stereocenters. The predicted molar refractivity (Wildman–Crippen MR) is 99.7 cm³/mol. The van der Waals surface area contributed by atoms with Crippen molar-refractivity contribution < 1.29 is 9.53 Å². The van der Waals surface area contributed by atoms with E-state index >= 15 is 0 Å². The first kappa shape index (κ1) is 16.7. The molecule has 0 saturated carbocycles. The molecule has 4 rings (SSSR count). The van der Waals surface area contributed by atoms with Gasteiger partial charge in [0.05, 0.1) is 17.3 Å². The Morgan fingerprint density at radius 1 is 1.04 bits per heavy atom. The zero-order valence-corrected chi connectivity index (χ0v) is 14.6. The van der Waals surface area contributed by atoms with Crippen molar-refractivity contribution in [2.24, 2.45) is 7.05 Å². The van der Waals surface area contributed by atoms with Gasteiger partial charge in [-0.1, -0.05) is 36.4 Å². The van der Waals surface area contributed by atoms with Crippen LogP contribution < -0.4 is 5.56 Å². The van der Waals surface area contributed by atoms with E-state index in [0.29, 0.717) is 10.8 Å². The van der Waals surface area contributed by atoms with E-state index in [2.05, 4.69) is 10.2 Å². The third kappa shape index (κ3) is 3.22. The van der Waals surface area contributed by atoms with E-state index in [4.69, 9.17) is 4.74 Å². The number of carbonyl (C=O) groups is 1. The number of carbonyl (C=O) groups excluding carboxylic acids is 1. The molecule has 0 N–H and O–H groups in total. The summed E-state index contributed by atoms with van der Waals surface area (Å²) in [5.74, 6) is -0.589. The van der Waals surface area contributed by atoms with Gasteiger partial charge in [0.1, 0.15) is 6.61 Å². The smallest absolute Gasteiger partial charge is 0.359 e. The number of fused-ring (bicyclic) bond motifs is 1. The van der Waals surface area contributed by atoms with E-state index in [-0.39, 0.29) is 17.9 Å². The molecule has 0 saturated heterocycles. The summed E-state index contributed by atoms with van der Waals surface area (Å²) in [5.41, 5.74) is 1.52. The largest absolute Gasteiger partial charge is 0.456 e. The molecule has 0 aliphatic carbocycles. The van der Waals surface area contributed by atoms with E-state index in [0.717, 1.165) is 15.9 Å². The fraction of sp³-hybridized carbons (Fsp3) is 0.100. The van der Waals surface area contributed by atoms with Crippen molar-refractivity contribution in [1.29, 1.82) is 0 Å². The van der Waals surface area contributed by atoms with E-state index in [9.17, 15) is 9.59 Å². The van der Waals surface area contributed by atoms with Gasteiger partial charge in [0.15, 0.2) is 5.69 Å². The summed E-state index contributed by atoms with van der Waals surface area (Å²) in [5, 5.41) is 9.26. The van der Waals surface area contributed by atoms with Crippen LogP contribution in [0.2, 0.25) is 0 Å². The number of nitrogens with zero attached hydrogens (tertiary/aromatic N) is 4. The Labute approximate surface area is 154 Å². The fourth-order valence-electron chi connectivity index (χ4n) is 2.82. The zero-order chi connectivity index (χ0) is 18.8. The molecule has 0 spiro atoms. The molecule has 27 heavy (non-hydrogen) atoms. The molecule has 4 aromatic rings. The topological polar surface area (TPSA) is 79.0 Å². The Kier molecular flexibility index (Phi) is 4.25. The second kappa shape index (κ2) is 6.87. The first-order valence-corrected chi connectivity index (χ1v) is 8.35. The van der Waals surface area contributed by atoms with Crippen LogP contribution in [0.15, 0.2) is 71.8 Å². The highest BCUT2D eigenvalue weighted by Crippen LogP contribution is 2.15. The molecule has 0 aliphatic rings. The lowest BCUT2D eigenvalue weighted by atomic mass is 10.1. The molecule has 7 heteroatoms. The van der Waals surface area contributed by atoms with Crippen LogP contribution >= 0.6 is 0 Å². The van der Waals surface area contributed by atoms with E-state index in [1.54, 1.807) is 41.3 Å². The van der Waals surface area contributed by atoms with Gasteiger partial charge >= 0.3 is 5.97 Å². The predicted octanol–water partition coefficient (Wildman–Crippen LogP) is 2.48. The van der Waals surface area contributed by atoms with Gasteiger partial charge in [-0.2, -0.15) is 10.2 Å². The maximum Gasteiger partial charge on any atom is 0.359 e. The Morgan fingerprint density at radius 2 is 1.74 bits per heavy atom. The zero-order valence-electron chi connectivity index (χ0n) is 14.6. The molecule has 0 fully saturated rings. The Morgan fingerprint density at radius 3 is 2.52 bits per heavy atom. The normalized spacial score (nSPS) is 10.9. The molecule has 2 heterocycles. The van der Waals surface area contributed by atoms with Crippen molar-refractivity contribution in [3.8, 4) is 5.69 Å². The van der Waals surface area contributed by atoms with E-state index in [1.165, 1.54) is 7.05 Å². The minimum absolute atomic E-state index is 0.0600. The monoisotopic (exact) mass is 360 g/mol. The van der Waals surface area contributed by atoms with Gasteiger partial charge in [0.2, 0.25) is 0 Å². The van der Waals surface area contributed by atoms with E-state index in [1.807, 2.05) is 30.3 Å². The molecule has 0 aliphatic heterocycles. The van der Waals surface area contributed by atoms with Crippen molar-refractivity contribution in [2.45, 2.75) is 6.61 Å². The number of aromatic nitrogens is 4. The summed E-state index contributed by atoms with van der Waals surface area (Å²) in [4.78, 5) is 24.7. The van der Waals surface area contributed by atoms with Crippen molar-refractivity contribution in [3.63, 3.8) is 0 Å². The van der Waals surface area contributed by atoms with Crippen LogP contribution in [0, 0.1) is 0 Å². The van der Waals surface area contributed by atoms with Crippen LogP contribution in [0.4, 0.5) is 0 Å². The van der Waals surface area contributed by atoms with Crippen LogP contribution in [0.25, 0.3) is 16.5 Å². The average Bonchev–Trinajstić information content (AvgIpc) is 3.19. The highest BCUT2D eigenvalue weighted by molar-refractivity contribution is 6.02. The van der Waals surface area contributed by atoms with Crippen molar-refractivity contribution in [2.75, 3.05) is 0 Å². The Hall–Kier alpha value is -3.74. The lowest BCUT2D eigenvalue weighted by Gasteiger charge is -2.07. The fourth-order valence-corrected chi connectivity index (χ4v) is 2.82. The Balaban J connectivity index is 1.56. The van der Waals surface area contributed by atoms with Crippen LogP contribution in [0.3, 0.4) is 0 Å². The number of hydrogen-bond acceptors (Lipinski definition) is 5. The molecule has 2 aromatic carbocycles. The van der Waals surface area contributed by atoms with Gasteiger partial charge in [-0.3, -0.25) is 4.79 Å². The third-order valence-electron chi connectivity index (χ3n) is 4.18. The second-order valence-electron chi connectivity index (χ2n) is 6.03. The summed E-state index contributed by atoms with van der Waals surface area (Å²) in [6, 6.07) is 16.5. The van der Waals surface area contributed by atoms with Gasteiger partial charge < -0.3 is 4.74 Å². The number of benzene rings is 2. The maximum absolute atomic E-state index is 12.5. The highest BCUT2D eigenvalue weighted by atomic mass is 16.5. The highest BCUT2D eigenvalue weighted by Gasteiger charge is 2.17. The van der Waals surface area contributed by atoms with Crippen LogP contribution in [0.1, 0.15) is 16.1 Å². The number of esters is 1. The van der Waals surface area contributed by atoms with Crippen molar-refractivity contribution >= 4 is 16.7 Å². The number of para-hydroxylation sites is 1. The van der Waals surface area contributed by atoms with Crippen LogP contribution in [-0.2, 0) is 18.4 Å². The summed E-state index contributed by atoms with van der Waals surface area (Å²) in [6.45, 7) is 0.0600. The first-order valence-electron chi connectivity index (χ1n) is 8.35. The molecular weight excluding hydrogens is 344 g/mol. The molecule has 134 valence electrons. The molecule has 0 bridgehead atoms. The third-order valence-corrected chi connectivity index (χ3v) is 4.18. The number of ether oxygens (including phenoxy) is 1. The summed E-state index contributed by atoms with van der Waals surface area (Å²) in [6.07, 6.45) is 3.45. The van der Waals surface area contributed by atoms with Gasteiger partial charge in [0, 0.05) is 24.2 Å². The molecule has 0 radical (unpaired) electrons. The van der Waals surface area contributed by atoms with Gasteiger partial charge in [-0.15, -0.1) is 0 Å². The van der Waals surface area contributed by atoms with Gasteiger partial charge in [0.25, 0.3) is 5.56 Å². The lowest BCUT2D eigenvalue weighted by Crippen LogP contribution is -2.23. The van der Waals surface area contributed by atoms with Gasteiger partial charge in [-0.25, -0.2) is 14.2 Å². The van der Waals surface area contributed by atoms with E-state index < -0.39 is 5.97 Å². The lowest BCUT2D eigenvalue weighted by molar-refractivity contribution is 0.0465. The second-order valence-corrected chi connectivity index (χ2v) is 6.03. The number of rotatable bonds is 4. The maximum atomic E-state index is 12.5. The van der Waals surface area contributed by atoms with Crippen LogP contribution in [-0.4, -0.2) is 25.5 Å². The minimum Gasteiger partial charge on any atom is -0.456 e. The van der Waals surface area contributed by atoms with Crippen molar-refractivity contribution in [3.05, 3.63) is 88.6 Å². The molecule has 0 amide bonds. The molecule has 0 atom stereocenters. The molecular formula is C20H16N4O3. The van der Waals surface area contributed by atoms with Crippen molar-refractivity contribution in [1.82, 2.24) is 19.6 Å². The van der Waals surface area contributed by atoms with Gasteiger partial charge in [-0.05, 0) is 18.2 Å². The molecule has 7 nitrogen and oxygen atoms in total. The quantitative estimate of drug-likeness (QED) is 0.523. The summed E-state index contributed by atoms with van der Waals surface area (Å²) < 4.78 is 8.25. The summed E-state index contributed by atoms with van der Waals surface area (Å²) >= 11 is 0. The molecule has 2 aromatic heterocycles. The Bertz CT molecular complexity index is 1180.